The lowest BCUT2D eigenvalue weighted by Gasteiger charge is -2.31. The van der Waals surface area contributed by atoms with Crippen molar-refractivity contribution >= 4 is 28.2 Å². The lowest BCUT2D eigenvalue weighted by molar-refractivity contribution is -0.172. The molecule has 1 atom stereocenters. The monoisotopic (exact) mass is 474 g/mol. The molecule has 1 N–H and O–H groups in total. The molecule has 0 fully saturated rings. The van der Waals surface area contributed by atoms with Crippen LogP contribution in [-0.4, -0.2) is 27.4 Å². The summed E-state index contributed by atoms with van der Waals surface area (Å²) in [6, 6.07) is 9.57. The van der Waals surface area contributed by atoms with Crippen LogP contribution in [0.25, 0.3) is 32.7 Å². The van der Waals surface area contributed by atoms with Gasteiger partial charge in [0.1, 0.15) is 6.61 Å². The van der Waals surface area contributed by atoms with Crippen molar-refractivity contribution in [2.24, 2.45) is 0 Å². The summed E-state index contributed by atoms with van der Waals surface area (Å²) in [6.45, 7) is 2.04. The van der Waals surface area contributed by atoms with Crippen molar-refractivity contribution in [2.45, 2.75) is 32.1 Å². The first kappa shape index (κ1) is 19.7. The number of benzene rings is 1. The number of carbonyl (C=O) groups is 1. The minimum absolute atomic E-state index is 0.101. The Morgan fingerprint density at radius 3 is 2.74 bits per heavy atom. The number of pyridine rings is 2. The number of carbonyl (C=O) groups excluding carboxylic acids is 1. The van der Waals surface area contributed by atoms with Crippen molar-refractivity contribution in [2.75, 3.05) is 6.79 Å². The first-order valence-electron chi connectivity index (χ1n) is 11.0. The number of aliphatic hydroxyl groups is 1. The van der Waals surface area contributed by atoms with Crippen molar-refractivity contribution in [3.8, 4) is 33.3 Å². The van der Waals surface area contributed by atoms with Crippen LogP contribution in [0.5, 0.6) is 11.5 Å². The third-order valence-corrected chi connectivity index (χ3v) is 7.84. The molecule has 3 aliphatic rings. The van der Waals surface area contributed by atoms with Crippen molar-refractivity contribution < 1.29 is 24.1 Å². The molecule has 1 aromatic carbocycles. The van der Waals surface area contributed by atoms with E-state index in [4.69, 9.17) is 19.2 Å². The predicted octanol–water partition coefficient (Wildman–Crippen LogP) is 3.54. The molecule has 4 aromatic rings. The Balaban J connectivity index is 1.56. The molecule has 3 aliphatic heterocycles. The van der Waals surface area contributed by atoms with Crippen molar-refractivity contribution in [3.05, 3.63) is 62.8 Å². The molecule has 9 heteroatoms. The maximum Gasteiger partial charge on any atom is 0.343 e. The van der Waals surface area contributed by atoms with E-state index in [-0.39, 0.29) is 25.4 Å². The Bertz CT molecular complexity index is 1610. The van der Waals surface area contributed by atoms with Crippen molar-refractivity contribution in [3.63, 3.8) is 0 Å². The van der Waals surface area contributed by atoms with Gasteiger partial charge in [0.15, 0.2) is 17.1 Å². The number of esters is 1. The zero-order chi connectivity index (χ0) is 23.2. The second-order valence-corrected chi connectivity index (χ2v) is 9.56. The van der Waals surface area contributed by atoms with Gasteiger partial charge in [-0.05, 0) is 30.0 Å². The molecule has 0 unspecified atom stereocenters. The van der Waals surface area contributed by atoms with Crippen LogP contribution in [0.3, 0.4) is 0 Å². The van der Waals surface area contributed by atoms with Gasteiger partial charge in [-0.3, -0.25) is 4.79 Å². The average Bonchev–Trinajstić information content (AvgIpc) is 3.59. The highest BCUT2D eigenvalue weighted by Crippen LogP contribution is 2.46. The Morgan fingerprint density at radius 1 is 1.15 bits per heavy atom. The van der Waals surface area contributed by atoms with Crippen LogP contribution >= 0.6 is 11.3 Å². The van der Waals surface area contributed by atoms with Gasteiger partial charge in [-0.15, -0.1) is 11.3 Å². The van der Waals surface area contributed by atoms with Crippen LogP contribution in [0.15, 0.2) is 40.5 Å². The molecular weight excluding hydrogens is 456 g/mol. The molecule has 8 nitrogen and oxygen atoms in total. The van der Waals surface area contributed by atoms with Gasteiger partial charge >= 0.3 is 5.97 Å². The summed E-state index contributed by atoms with van der Waals surface area (Å²) < 4.78 is 18.0. The van der Waals surface area contributed by atoms with E-state index in [1.807, 2.05) is 29.6 Å². The quantitative estimate of drug-likeness (QED) is 0.391. The number of hydrogen-bond donors (Lipinski definition) is 1. The topological polar surface area (TPSA) is 99.9 Å². The summed E-state index contributed by atoms with van der Waals surface area (Å²) in [6.07, 6.45) is 0.101. The molecular formula is C25H18N2O6S. The van der Waals surface area contributed by atoms with Gasteiger partial charge in [0.05, 0.1) is 29.0 Å². The number of hydrogen-bond acceptors (Lipinski definition) is 8. The molecule has 0 amide bonds. The number of rotatable bonds is 2. The van der Waals surface area contributed by atoms with Crippen LogP contribution in [0.4, 0.5) is 0 Å². The Morgan fingerprint density at radius 2 is 1.97 bits per heavy atom. The van der Waals surface area contributed by atoms with Gasteiger partial charge in [0.25, 0.3) is 5.56 Å². The summed E-state index contributed by atoms with van der Waals surface area (Å²) in [4.78, 5) is 32.0. The van der Waals surface area contributed by atoms with Gasteiger partial charge in [-0.1, -0.05) is 13.0 Å². The maximum atomic E-state index is 13.5. The minimum Gasteiger partial charge on any atom is -0.458 e. The smallest absolute Gasteiger partial charge is 0.343 e. The Kier molecular flexibility index (Phi) is 3.88. The molecule has 0 bridgehead atoms. The van der Waals surface area contributed by atoms with Gasteiger partial charge < -0.3 is 23.9 Å². The minimum atomic E-state index is -1.86. The van der Waals surface area contributed by atoms with Crippen molar-refractivity contribution in [1.82, 2.24) is 9.55 Å². The van der Waals surface area contributed by atoms with Crippen LogP contribution in [-0.2, 0) is 28.3 Å². The molecule has 7 rings (SSSR count). The molecule has 0 aliphatic carbocycles. The number of thiophene rings is 1. The number of cyclic esters (lactones) is 1. The lowest BCUT2D eigenvalue weighted by Crippen LogP contribution is -2.44. The van der Waals surface area contributed by atoms with Crippen molar-refractivity contribution in [1.29, 1.82) is 0 Å². The van der Waals surface area contributed by atoms with E-state index >= 15 is 0 Å². The maximum absolute atomic E-state index is 13.5. The highest BCUT2D eigenvalue weighted by atomic mass is 32.1. The summed E-state index contributed by atoms with van der Waals surface area (Å²) in [5.41, 5.74) is 2.35. The molecule has 170 valence electrons. The fourth-order valence-electron chi connectivity index (χ4n) is 5.17. The average molecular weight is 474 g/mol. The van der Waals surface area contributed by atoms with Crippen LogP contribution in [0.1, 0.15) is 30.0 Å². The first-order valence-corrected chi connectivity index (χ1v) is 11.8. The first-order chi connectivity index (χ1) is 16.5. The summed E-state index contributed by atoms with van der Waals surface area (Å²) >= 11 is 1.61. The molecule has 0 radical (unpaired) electrons. The van der Waals surface area contributed by atoms with Gasteiger partial charge in [0, 0.05) is 33.0 Å². The van der Waals surface area contributed by atoms with Gasteiger partial charge in [-0.2, -0.15) is 0 Å². The summed E-state index contributed by atoms with van der Waals surface area (Å²) in [7, 11) is 0. The summed E-state index contributed by atoms with van der Waals surface area (Å²) in [5, 5.41) is 14.0. The molecule has 0 saturated heterocycles. The Hall–Kier alpha value is -3.69. The molecule has 34 heavy (non-hydrogen) atoms. The van der Waals surface area contributed by atoms with E-state index in [1.54, 1.807) is 28.9 Å². The Labute approximate surface area is 197 Å². The lowest BCUT2D eigenvalue weighted by atomic mass is 9.86. The van der Waals surface area contributed by atoms with E-state index in [0.29, 0.717) is 40.6 Å². The zero-order valence-corrected chi connectivity index (χ0v) is 18.9. The van der Waals surface area contributed by atoms with Crippen LogP contribution in [0, 0.1) is 0 Å². The van der Waals surface area contributed by atoms with E-state index in [0.717, 1.165) is 26.9 Å². The normalized spacial score (nSPS) is 19.6. The highest BCUT2D eigenvalue weighted by molar-refractivity contribution is 7.13. The zero-order valence-electron chi connectivity index (χ0n) is 18.1. The predicted molar refractivity (Wildman–Crippen MR) is 124 cm³/mol. The molecule has 0 saturated carbocycles. The number of fused-ring (bicyclic) bond motifs is 6. The van der Waals surface area contributed by atoms with Gasteiger partial charge in [-0.25, -0.2) is 9.78 Å². The number of ether oxygens (including phenoxy) is 3. The SMILES string of the molecule is CC[C@@]1(O)C(=O)OCc2c1cc1n(c2=O)Cc2c-1nc1cc3c(cc1c2-c1cccs1)OCO3. The van der Waals surface area contributed by atoms with E-state index in [9.17, 15) is 14.7 Å². The standard InChI is InChI=1S/C25H18N2O6S/c1-2-25(30)15-7-17-22-13(9-27(17)23(28)14(15)10-31-24(25)29)21(20-4-3-5-34-20)12-6-18-19(33-11-32-18)8-16(12)26-22/h3-8,30H,2,9-11H2,1H3/t25-/m0/s1. The fourth-order valence-corrected chi connectivity index (χ4v) is 5.98. The third-order valence-electron chi connectivity index (χ3n) is 6.95. The van der Waals surface area contributed by atoms with E-state index in [2.05, 4.69) is 0 Å². The molecule has 0 spiro atoms. The van der Waals surface area contributed by atoms with E-state index in [1.165, 1.54) is 0 Å². The second kappa shape index (κ2) is 6.68. The second-order valence-electron chi connectivity index (χ2n) is 8.62. The number of nitrogens with zero attached hydrogens (tertiary/aromatic N) is 2. The molecule has 3 aromatic heterocycles. The number of aromatic nitrogens is 2. The summed E-state index contributed by atoms with van der Waals surface area (Å²) in [5.74, 6) is 0.559. The highest BCUT2D eigenvalue weighted by Gasteiger charge is 2.45. The third kappa shape index (κ3) is 2.43. The van der Waals surface area contributed by atoms with Crippen LogP contribution in [0.2, 0.25) is 0 Å². The fraction of sp³-hybridized carbons (Fsp3) is 0.240. The van der Waals surface area contributed by atoms with Crippen LogP contribution < -0.4 is 15.0 Å². The van der Waals surface area contributed by atoms with Gasteiger partial charge in [0.2, 0.25) is 6.79 Å². The molecule has 6 heterocycles. The van der Waals surface area contributed by atoms with E-state index < -0.39 is 11.6 Å². The largest absolute Gasteiger partial charge is 0.458 e.